The van der Waals surface area contributed by atoms with Crippen molar-refractivity contribution in [1.29, 1.82) is 0 Å². The lowest BCUT2D eigenvalue weighted by Gasteiger charge is -2.41. The molecule has 1 aromatic rings. The minimum absolute atomic E-state index is 0.125. The second-order valence-electron chi connectivity index (χ2n) is 7.86. The van der Waals surface area contributed by atoms with Gasteiger partial charge in [-0.25, -0.2) is 4.39 Å². The second-order valence-corrected chi connectivity index (χ2v) is 7.86. The van der Waals surface area contributed by atoms with Crippen molar-refractivity contribution in [3.05, 3.63) is 29.6 Å². The Morgan fingerprint density at radius 3 is 2.64 bits per heavy atom. The van der Waals surface area contributed by atoms with Crippen LogP contribution < -0.4 is 10.1 Å². The number of halogens is 1. The van der Waals surface area contributed by atoms with Crippen LogP contribution in [0.4, 0.5) is 4.39 Å². The van der Waals surface area contributed by atoms with Crippen LogP contribution in [0.3, 0.4) is 0 Å². The van der Waals surface area contributed by atoms with E-state index in [0.29, 0.717) is 37.5 Å². The molecule has 0 saturated heterocycles. The van der Waals surface area contributed by atoms with E-state index in [-0.39, 0.29) is 23.6 Å². The Bertz CT molecular complexity index is 578. The van der Waals surface area contributed by atoms with E-state index in [1.165, 1.54) is 12.1 Å². The Hall–Kier alpha value is -1.62. The average molecular weight is 351 g/mol. The predicted octanol–water partition coefficient (Wildman–Crippen LogP) is 3.90. The summed E-state index contributed by atoms with van der Waals surface area (Å²) in [5, 5.41) is 2.91. The molecule has 0 spiro atoms. The quantitative estimate of drug-likeness (QED) is 0.687. The summed E-state index contributed by atoms with van der Waals surface area (Å²) in [5.74, 6) is 0.811. The van der Waals surface area contributed by atoms with E-state index < -0.39 is 0 Å². The standard InChI is InChI=1S/C20H30FNO3/c1-14(2)17-6-5-16(21)11-18(17)25-10-9-24-8-7-22-19(23)15-12-20(3,4)13-15/h5-6,11,14-15H,7-10,12-13H2,1-4H3,(H,22,23). The minimum Gasteiger partial charge on any atom is -0.491 e. The van der Waals surface area contributed by atoms with Crippen molar-refractivity contribution in [2.45, 2.75) is 46.5 Å². The maximum Gasteiger partial charge on any atom is 0.223 e. The van der Waals surface area contributed by atoms with E-state index in [1.54, 1.807) is 6.07 Å². The minimum atomic E-state index is -0.304. The molecule has 0 radical (unpaired) electrons. The highest BCUT2D eigenvalue weighted by molar-refractivity contribution is 5.79. The van der Waals surface area contributed by atoms with Crippen molar-refractivity contribution in [2.75, 3.05) is 26.4 Å². The molecule has 1 N–H and O–H groups in total. The number of hydrogen-bond acceptors (Lipinski definition) is 3. The monoisotopic (exact) mass is 351 g/mol. The van der Waals surface area contributed by atoms with Crippen molar-refractivity contribution in [3.8, 4) is 5.75 Å². The lowest BCUT2D eigenvalue weighted by atomic mass is 9.64. The van der Waals surface area contributed by atoms with Crippen LogP contribution in [0.2, 0.25) is 0 Å². The van der Waals surface area contributed by atoms with Gasteiger partial charge in [0.25, 0.3) is 0 Å². The zero-order chi connectivity index (χ0) is 18.4. The van der Waals surface area contributed by atoms with Gasteiger partial charge in [0.05, 0.1) is 13.2 Å². The molecule has 0 heterocycles. The molecule has 1 saturated carbocycles. The lowest BCUT2D eigenvalue weighted by Crippen LogP contribution is -2.43. The summed E-state index contributed by atoms with van der Waals surface area (Å²) >= 11 is 0. The Morgan fingerprint density at radius 1 is 1.28 bits per heavy atom. The third kappa shape index (κ3) is 5.99. The smallest absolute Gasteiger partial charge is 0.223 e. The van der Waals surface area contributed by atoms with Crippen molar-refractivity contribution in [1.82, 2.24) is 5.32 Å². The highest BCUT2D eigenvalue weighted by Crippen LogP contribution is 2.44. The number of benzene rings is 1. The van der Waals surface area contributed by atoms with Gasteiger partial charge in [-0.15, -0.1) is 0 Å². The first-order chi connectivity index (χ1) is 11.8. The fraction of sp³-hybridized carbons (Fsp3) is 0.650. The van der Waals surface area contributed by atoms with Crippen LogP contribution in [-0.2, 0) is 9.53 Å². The van der Waals surface area contributed by atoms with E-state index in [2.05, 4.69) is 19.2 Å². The van der Waals surface area contributed by atoms with Gasteiger partial charge in [-0.05, 0) is 35.8 Å². The Balaban J connectivity index is 1.58. The van der Waals surface area contributed by atoms with Crippen LogP contribution in [-0.4, -0.2) is 32.3 Å². The molecular formula is C20H30FNO3. The van der Waals surface area contributed by atoms with E-state index >= 15 is 0 Å². The predicted molar refractivity (Wildman–Crippen MR) is 96.3 cm³/mol. The van der Waals surface area contributed by atoms with Crippen LogP contribution in [0.25, 0.3) is 0 Å². The normalized spacial score (nSPS) is 16.6. The summed E-state index contributed by atoms with van der Waals surface area (Å²) in [5.41, 5.74) is 1.29. The third-order valence-electron chi connectivity index (χ3n) is 4.60. The van der Waals surface area contributed by atoms with Gasteiger partial charge in [0.1, 0.15) is 18.2 Å². The largest absolute Gasteiger partial charge is 0.491 e. The maximum atomic E-state index is 13.4. The van der Waals surface area contributed by atoms with Gasteiger partial charge in [-0.3, -0.25) is 4.79 Å². The third-order valence-corrected chi connectivity index (χ3v) is 4.60. The van der Waals surface area contributed by atoms with Crippen LogP contribution in [0.1, 0.15) is 52.0 Å². The highest BCUT2D eigenvalue weighted by Gasteiger charge is 2.39. The maximum absolute atomic E-state index is 13.4. The Morgan fingerprint density at radius 2 is 2.00 bits per heavy atom. The van der Waals surface area contributed by atoms with Gasteiger partial charge < -0.3 is 14.8 Å². The summed E-state index contributed by atoms with van der Waals surface area (Å²) in [4.78, 5) is 11.9. The summed E-state index contributed by atoms with van der Waals surface area (Å²) in [6.45, 7) is 10.2. The first kappa shape index (κ1) is 19.7. The molecule has 0 unspecified atom stereocenters. The Labute approximate surface area is 150 Å². The zero-order valence-electron chi connectivity index (χ0n) is 15.7. The van der Waals surface area contributed by atoms with Crippen LogP contribution in [0, 0.1) is 17.2 Å². The number of amides is 1. The molecule has 0 atom stereocenters. The molecule has 25 heavy (non-hydrogen) atoms. The number of nitrogens with one attached hydrogen (secondary N) is 1. The SMILES string of the molecule is CC(C)c1ccc(F)cc1OCCOCCNC(=O)C1CC(C)(C)C1. The number of carbonyl (C=O) groups is 1. The van der Waals surface area contributed by atoms with Crippen LogP contribution in [0.15, 0.2) is 18.2 Å². The number of carbonyl (C=O) groups excluding carboxylic acids is 1. The molecule has 2 rings (SSSR count). The van der Waals surface area contributed by atoms with Gasteiger partial charge >= 0.3 is 0 Å². The fourth-order valence-corrected chi connectivity index (χ4v) is 3.27. The van der Waals surface area contributed by atoms with Gasteiger partial charge in [0, 0.05) is 18.5 Å². The number of rotatable bonds is 9. The van der Waals surface area contributed by atoms with Crippen molar-refractivity contribution in [3.63, 3.8) is 0 Å². The average Bonchev–Trinajstić information content (AvgIpc) is 2.51. The molecular weight excluding hydrogens is 321 g/mol. The summed E-state index contributed by atoms with van der Waals surface area (Å²) in [6.07, 6.45) is 1.92. The highest BCUT2D eigenvalue weighted by atomic mass is 19.1. The van der Waals surface area contributed by atoms with Crippen molar-refractivity contribution >= 4 is 5.91 Å². The van der Waals surface area contributed by atoms with E-state index in [0.717, 1.165) is 18.4 Å². The van der Waals surface area contributed by atoms with Crippen LogP contribution >= 0.6 is 0 Å². The molecule has 1 fully saturated rings. The zero-order valence-corrected chi connectivity index (χ0v) is 15.7. The van der Waals surface area contributed by atoms with Gasteiger partial charge in [-0.1, -0.05) is 33.8 Å². The summed E-state index contributed by atoms with van der Waals surface area (Å²) in [6, 6.07) is 4.62. The van der Waals surface area contributed by atoms with E-state index in [9.17, 15) is 9.18 Å². The molecule has 1 aromatic carbocycles. The van der Waals surface area contributed by atoms with E-state index in [1.807, 2.05) is 13.8 Å². The summed E-state index contributed by atoms with van der Waals surface area (Å²) < 4.78 is 24.5. The van der Waals surface area contributed by atoms with Crippen molar-refractivity contribution < 1.29 is 18.7 Å². The van der Waals surface area contributed by atoms with Crippen LogP contribution in [0.5, 0.6) is 5.75 Å². The molecule has 1 aliphatic rings. The van der Waals surface area contributed by atoms with E-state index in [4.69, 9.17) is 9.47 Å². The molecule has 0 bridgehead atoms. The second kappa shape index (κ2) is 8.65. The number of hydrogen-bond donors (Lipinski definition) is 1. The van der Waals surface area contributed by atoms with Gasteiger partial charge in [-0.2, -0.15) is 0 Å². The number of ether oxygens (including phenoxy) is 2. The first-order valence-electron chi connectivity index (χ1n) is 9.06. The van der Waals surface area contributed by atoms with Gasteiger partial charge in [0.2, 0.25) is 5.91 Å². The molecule has 1 amide bonds. The Kier molecular flexibility index (Phi) is 6.82. The van der Waals surface area contributed by atoms with Gasteiger partial charge in [0.15, 0.2) is 0 Å². The molecule has 1 aliphatic carbocycles. The molecule has 5 heteroatoms. The molecule has 0 aromatic heterocycles. The molecule has 0 aliphatic heterocycles. The summed E-state index contributed by atoms with van der Waals surface area (Å²) in [7, 11) is 0. The fourth-order valence-electron chi connectivity index (χ4n) is 3.27. The first-order valence-corrected chi connectivity index (χ1v) is 9.06. The lowest BCUT2D eigenvalue weighted by molar-refractivity contribution is -0.131. The molecule has 140 valence electrons. The molecule has 4 nitrogen and oxygen atoms in total. The van der Waals surface area contributed by atoms with Crippen molar-refractivity contribution in [2.24, 2.45) is 11.3 Å². The topological polar surface area (TPSA) is 47.6 Å².